The first-order chi connectivity index (χ1) is 7.74. The van der Waals surface area contributed by atoms with Crippen molar-refractivity contribution in [1.82, 2.24) is 14.8 Å². The predicted octanol–water partition coefficient (Wildman–Crippen LogP) is 0.960. The second-order valence-corrected chi connectivity index (χ2v) is 4.61. The normalized spacial score (nSPS) is 16.4. The van der Waals surface area contributed by atoms with Crippen molar-refractivity contribution < 1.29 is 0 Å². The van der Waals surface area contributed by atoms with Gasteiger partial charge in [0.2, 0.25) is 5.95 Å². The van der Waals surface area contributed by atoms with E-state index in [1.54, 1.807) is 0 Å². The molecule has 1 fully saturated rings. The van der Waals surface area contributed by atoms with Crippen LogP contribution in [0.1, 0.15) is 38.6 Å². The monoisotopic (exact) mass is 223 g/mol. The van der Waals surface area contributed by atoms with E-state index >= 15 is 0 Å². The lowest BCUT2D eigenvalue weighted by molar-refractivity contribution is 0.563. The molecule has 1 aliphatic heterocycles. The molecular formula is C11H21N5. The molecule has 1 aliphatic rings. The highest BCUT2D eigenvalue weighted by atomic mass is 15.4. The molecule has 0 radical (unpaired) electrons. The topological polar surface area (TPSA) is 60.0 Å². The first-order valence-electron chi connectivity index (χ1n) is 6.13. The Morgan fingerprint density at radius 3 is 2.50 bits per heavy atom. The van der Waals surface area contributed by atoms with Crippen LogP contribution in [0.5, 0.6) is 0 Å². The van der Waals surface area contributed by atoms with Crippen LogP contribution in [0.2, 0.25) is 0 Å². The molecule has 0 aromatic carbocycles. The van der Waals surface area contributed by atoms with E-state index in [0.29, 0.717) is 12.6 Å². The van der Waals surface area contributed by atoms with Crippen molar-refractivity contribution in [2.75, 3.05) is 24.5 Å². The smallest absolute Gasteiger partial charge is 0.227 e. The zero-order valence-electron chi connectivity index (χ0n) is 10.2. The summed E-state index contributed by atoms with van der Waals surface area (Å²) in [6.45, 7) is 7.18. The molecule has 0 aliphatic carbocycles. The number of hydrogen-bond donors (Lipinski definition) is 1. The van der Waals surface area contributed by atoms with E-state index in [-0.39, 0.29) is 0 Å². The van der Waals surface area contributed by atoms with Gasteiger partial charge in [-0.05, 0) is 33.2 Å². The van der Waals surface area contributed by atoms with E-state index < -0.39 is 0 Å². The Hall–Kier alpha value is -1.10. The van der Waals surface area contributed by atoms with E-state index in [1.807, 2.05) is 0 Å². The van der Waals surface area contributed by atoms with Gasteiger partial charge in [-0.2, -0.15) is 0 Å². The summed E-state index contributed by atoms with van der Waals surface area (Å²) in [4.78, 5) is 2.33. The summed E-state index contributed by atoms with van der Waals surface area (Å²) in [5.74, 6) is 2.04. The van der Waals surface area contributed by atoms with Crippen molar-refractivity contribution >= 4 is 5.95 Å². The highest BCUT2D eigenvalue weighted by Gasteiger charge is 2.21. The first kappa shape index (κ1) is 11.4. The van der Waals surface area contributed by atoms with Crippen LogP contribution < -0.4 is 10.6 Å². The van der Waals surface area contributed by atoms with Gasteiger partial charge in [0.05, 0.1) is 0 Å². The third-order valence-electron chi connectivity index (χ3n) is 3.02. The molecule has 0 saturated carbocycles. The lowest BCUT2D eigenvalue weighted by Gasteiger charge is -2.20. The molecule has 1 saturated heterocycles. The van der Waals surface area contributed by atoms with E-state index in [0.717, 1.165) is 31.3 Å². The quantitative estimate of drug-likeness (QED) is 0.826. The van der Waals surface area contributed by atoms with Gasteiger partial charge in [-0.3, -0.25) is 4.57 Å². The van der Waals surface area contributed by atoms with E-state index in [1.165, 1.54) is 12.8 Å². The predicted molar refractivity (Wildman–Crippen MR) is 64.6 cm³/mol. The zero-order chi connectivity index (χ0) is 11.5. The second-order valence-electron chi connectivity index (χ2n) is 4.61. The second kappa shape index (κ2) is 4.82. The fraction of sp³-hybridized carbons (Fsp3) is 0.818. The molecule has 5 nitrogen and oxygen atoms in total. The number of nitrogens with zero attached hydrogens (tertiary/aromatic N) is 4. The van der Waals surface area contributed by atoms with Crippen LogP contribution in [0.4, 0.5) is 5.95 Å². The van der Waals surface area contributed by atoms with Gasteiger partial charge in [-0.1, -0.05) is 0 Å². The minimum Gasteiger partial charge on any atom is -0.341 e. The van der Waals surface area contributed by atoms with Gasteiger partial charge in [0.15, 0.2) is 0 Å². The van der Waals surface area contributed by atoms with Crippen molar-refractivity contribution in [1.29, 1.82) is 0 Å². The minimum absolute atomic E-state index is 0.396. The largest absolute Gasteiger partial charge is 0.341 e. The van der Waals surface area contributed by atoms with Gasteiger partial charge in [-0.15, -0.1) is 10.2 Å². The molecule has 0 atom stereocenters. The van der Waals surface area contributed by atoms with E-state index in [9.17, 15) is 0 Å². The summed E-state index contributed by atoms with van der Waals surface area (Å²) in [6.07, 6.45) is 3.33. The van der Waals surface area contributed by atoms with Crippen molar-refractivity contribution in [3.05, 3.63) is 5.82 Å². The fourth-order valence-corrected chi connectivity index (χ4v) is 2.28. The number of aromatic nitrogens is 3. The van der Waals surface area contributed by atoms with Crippen LogP contribution in [0.3, 0.4) is 0 Å². The molecule has 0 spiro atoms. The van der Waals surface area contributed by atoms with Gasteiger partial charge in [-0.25, -0.2) is 0 Å². The third-order valence-corrected chi connectivity index (χ3v) is 3.02. The Morgan fingerprint density at radius 1 is 1.25 bits per heavy atom. The van der Waals surface area contributed by atoms with E-state index in [2.05, 4.69) is 33.5 Å². The Labute approximate surface area is 96.6 Å². The molecular weight excluding hydrogens is 202 g/mol. The van der Waals surface area contributed by atoms with Crippen molar-refractivity contribution in [3.8, 4) is 0 Å². The molecule has 2 heterocycles. The molecule has 1 aromatic heterocycles. The standard InChI is InChI=1S/C11H21N5/c1-9(2)16-10(5-6-12)13-14-11(16)15-7-3-4-8-15/h9H,3-8,12H2,1-2H3. The summed E-state index contributed by atoms with van der Waals surface area (Å²) in [6, 6.07) is 0.396. The van der Waals surface area contributed by atoms with Crippen molar-refractivity contribution in [2.24, 2.45) is 5.73 Å². The number of hydrogen-bond acceptors (Lipinski definition) is 4. The lowest BCUT2D eigenvalue weighted by Crippen LogP contribution is -2.24. The van der Waals surface area contributed by atoms with Crippen LogP contribution in [-0.2, 0) is 6.42 Å². The SMILES string of the molecule is CC(C)n1c(CCN)nnc1N1CCCC1. The summed E-state index contributed by atoms with van der Waals surface area (Å²) in [5, 5.41) is 8.58. The molecule has 0 amide bonds. The lowest BCUT2D eigenvalue weighted by atomic mass is 10.3. The zero-order valence-corrected chi connectivity index (χ0v) is 10.2. The summed E-state index contributed by atoms with van der Waals surface area (Å²) in [7, 11) is 0. The molecule has 1 aromatic rings. The molecule has 0 unspecified atom stereocenters. The maximum Gasteiger partial charge on any atom is 0.227 e. The molecule has 90 valence electrons. The van der Waals surface area contributed by atoms with Gasteiger partial charge in [0, 0.05) is 25.6 Å². The maximum absolute atomic E-state index is 5.60. The van der Waals surface area contributed by atoms with E-state index in [4.69, 9.17) is 5.73 Å². The molecule has 2 rings (SSSR count). The summed E-state index contributed by atoms with van der Waals surface area (Å²) < 4.78 is 2.22. The van der Waals surface area contributed by atoms with Crippen LogP contribution >= 0.6 is 0 Å². The fourth-order valence-electron chi connectivity index (χ4n) is 2.28. The van der Waals surface area contributed by atoms with Crippen LogP contribution in [0.25, 0.3) is 0 Å². The minimum atomic E-state index is 0.396. The highest BCUT2D eigenvalue weighted by molar-refractivity contribution is 5.33. The summed E-state index contributed by atoms with van der Waals surface area (Å²) >= 11 is 0. The number of rotatable bonds is 4. The van der Waals surface area contributed by atoms with Crippen molar-refractivity contribution in [3.63, 3.8) is 0 Å². The molecule has 16 heavy (non-hydrogen) atoms. The Morgan fingerprint density at radius 2 is 1.94 bits per heavy atom. The average molecular weight is 223 g/mol. The maximum atomic E-state index is 5.60. The highest BCUT2D eigenvalue weighted by Crippen LogP contribution is 2.23. The Bertz CT molecular complexity index is 338. The van der Waals surface area contributed by atoms with Gasteiger partial charge in [0.25, 0.3) is 0 Å². The van der Waals surface area contributed by atoms with Gasteiger partial charge >= 0.3 is 0 Å². The van der Waals surface area contributed by atoms with Crippen LogP contribution in [-0.4, -0.2) is 34.4 Å². The Kier molecular flexibility index (Phi) is 3.43. The molecule has 2 N–H and O–H groups in total. The van der Waals surface area contributed by atoms with Crippen LogP contribution in [0.15, 0.2) is 0 Å². The average Bonchev–Trinajstić information content (AvgIpc) is 2.83. The molecule has 0 bridgehead atoms. The van der Waals surface area contributed by atoms with Crippen molar-refractivity contribution in [2.45, 2.75) is 39.2 Å². The Balaban J connectivity index is 2.29. The van der Waals surface area contributed by atoms with Crippen LogP contribution in [0, 0.1) is 0 Å². The van der Waals surface area contributed by atoms with Gasteiger partial charge < -0.3 is 10.6 Å². The first-order valence-corrected chi connectivity index (χ1v) is 6.13. The number of anilines is 1. The molecule has 5 heteroatoms. The third kappa shape index (κ3) is 2.04. The number of nitrogens with two attached hydrogens (primary N) is 1. The van der Waals surface area contributed by atoms with Gasteiger partial charge in [0.1, 0.15) is 5.82 Å². The summed E-state index contributed by atoms with van der Waals surface area (Å²) in [5.41, 5.74) is 5.60.